The Morgan fingerprint density at radius 1 is 0.840 bits per heavy atom. The fourth-order valence-corrected chi connectivity index (χ4v) is 3.03. The van der Waals surface area contributed by atoms with Gasteiger partial charge >= 0.3 is 12.2 Å². The first-order valence-corrected chi connectivity index (χ1v) is 9.14. The Morgan fingerprint density at radius 2 is 1.20 bits per heavy atom. The number of alkyl halides is 6. The van der Waals surface area contributed by atoms with Crippen LogP contribution in [0.5, 0.6) is 0 Å². The number of fused-ring (bicyclic) bond motifs is 1. The van der Waals surface area contributed by atoms with E-state index in [9.17, 15) is 9.59 Å². The molecule has 2 fully saturated rings. The molecule has 4 rings (SSSR count). The first-order chi connectivity index (χ1) is 11.5. The van der Waals surface area contributed by atoms with Gasteiger partial charge in [0.1, 0.15) is 37.5 Å². The standard InChI is InChI=1S/C12H10Cl6N2O5/c13-11(14,15)3-23-9(21)19-5-1-2-6(8-7(5)25-8)20(19)10(22)24-4-12(16,17)18/h1-2,5-8H,3-4H2/t5-,6+,7-,8+. The van der Waals surface area contributed by atoms with Gasteiger partial charge in [0.05, 0.1) is 0 Å². The van der Waals surface area contributed by atoms with Crippen LogP contribution in [0.25, 0.3) is 0 Å². The van der Waals surface area contributed by atoms with Gasteiger partial charge in [-0.2, -0.15) is 0 Å². The molecule has 25 heavy (non-hydrogen) atoms. The van der Waals surface area contributed by atoms with E-state index in [1.807, 2.05) is 0 Å². The summed E-state index contributed by atoms with van der Waals surface area (Å²) < 4.78 is 11.8. The molecule has 7 nitrogen and oxygen atoms in total. The molecule has 3 aliphatic heterocycles. The number of halogens is 6. The number of hydrogen-bond acceptors (Lipinski definition) is 5. The maximum atomic E-state index is 12.4. The van der Waals surface area contributed by atoms with Gasteiger partial charge in [-0.3, -0.25) is 0 Å². The maximum absolute atomic E-state index is 12.4. The third-order valence-corrected chi connectivity index (χ3v) is 4.28. The van der Waals surface area contributed by atoms with E-state index in [0.717, 1.165) is 10.0 Å². The molecule has 0 spiro atoms. The molecule has 2 saturated heterocycles. The van der Waals surface area contributed by atoms with Crippen LogP contribution in [0.2, 0.25) is 0 Å². The van der Waals surface area contributed by atoms with Crippen LogP contribution in [0.4, 0.5) is 9.59 Å². The number of hydrazine groups is 1. The highest BCUT2D eigenvalue weighted by Gasteiger charge is 2.63. The first kappa shape index (κ1) is 19.7. The minimum atomic E-state index is -1.79. The summed E-state index contributed by atoms with van der Waals surface area (Å²) in [5, 5.41) is 2.10. The number of epoxide rings is 1. The average Bonchev–Trinajstić information content (AvgIpc) is 3.30. The number of nitrogens with zero attached hydrogens (tertiary/aromatic N) is 2. The van der Waals surface area contributed by atoms with Crippen LogP contribution in [0.1, 0.15) is 0 Å². The number of rotatable bonds is 2. The summed E-state index contributed by atoms with van der Waals surface area (Å²) in [4.78, 5) is 24.9. The molecule has 0 radical (unpaired) electrons. The van der Waals surface area contributed by atoms with Crippen LogP contribution < -0.4 is 0 Å². The zero-order chi connectivity index (χ0) is 18.6. The summed E-state index contributed by atoms with van der Waals surface area (Å²) in [7, 11) is 0. The Hall–Kier alpha value is -0.0200. The Bertz CT molecular complexity index is 556. The molecule has 3 heterocycles. The molecule has 0 N–H and O–H groups in total. The van der Waals surface area contributed by atoms with E-state index in [1.165, 1.54) is 0 Å². The zero-order valence-electron chi connectivity index (χ0n) is 12.1. The quantitative estimate of drug-likeness (QED) is 0.347. The summed E-state index contributed by atoms with van der Waals surface area (Å²) in [6.45, 7) is -1.000. The van der Waals surface area contributed by atoms with Gasteiger partial charge in [0.2, 0.25) is 7.59 Å². The highest BCUT2D eigenvalue weighted by Crippen LogP contribution is 2.45. The molecule has 140 valence electrons. The molecule has 0 aromatic carbocycles. The lowest BCUT2D eigenvalue weighted by Crippen LogP contribution is -2.66. The molecule has 0 aromatic heterocycles. The van der Waals surface area contributed by atoms with Crippen molar-refractivity contribution in [3.05, 3.63) is 12.2 Å². The lowest BCUT2D eigenvalue weighted by Gasteiger charge is -2.46. The fraction of sp³-hybridized carbons (Fsp3) is 0.667. The van der Waals surface area contributed by atoms with Crippen molar-refractivity contribution in [2.24, 2.45) is 0 Å². The molecular formula is C12H10Cl6N2O5. The molecule has 4 aliphatic rings. The van der Waals surface area contributed by atoms with Crippen molar-refractivity contribution in [3.8, 4) is 0 Å². The van der Waals surface area contributed by atoms with Gasteiger partial charge in [-0.05, 0) is 0 Å². The molecule has 4 atom stereocenters. The van der Waals surface area contributed by atoms with Crippen molar-refractivity contribution < 1.29 is 23.8 Å². The van der Waals surface area contributed by atoms with Crippen molar-refractivity contribution in [3.63, 3.8) is 0 Å². The third kappa shape index (κ3) is 4.46. The van der Waals surface area contributed by atoms with Gasteiger partial charge in [-0.1, -0.05) is 81.8 Å². The van der Waals surface area contributed by atoms with E-state index < -0.39 is 45.1 Å². The second-order valence-corrected chi connectivity index (χ2v) is 10.5. The summed E-state index contributed by atoms with van der Waals surface area (Å²) in [5.41, 5.74) is 0. The summed E-state index contributed by atoms with van der Waals surface area (Å²) >= 11 is 33.5. The van der Waals surface area contributed by atoms with Crippen LogP contribution in [0, 0.1) is 0 Å². The normalized spacial score (nSPS) is 30.2. The number of amides is 2. The molecular weight excluding hydrogens is 465 g/mol. The van der Waals surface area contributed by atoms with Crippen molar-refractivity contribution in [1.29, 1.82) is 0 Å². The molecule has 0 unspecified atom stereocenters. The Kier molecular flexibility index (Phi) is 5.41. The van der Waals surface area contributed by atoms with Crippen LogP contribution in [0.3, 0.4) is 0 Å². The van der Waals surface area contributed by atoms with Crippen molar-refractivity contribution in [2.45, 2.75) is 31.9 Å². The van der Waals surface area contributed by atoms with E-state index in [2.05, 4.69) is 0 Å². The smallest absolute Gasteiger partial charge is 0.429 e. The van der Waals surface area contributed by atoms with E-state index in [4.69, 9.17) is 83.8 Å². The number of carbonyl (C=O) groups excluding carboxylic acids is 2. The van der Waals surface area contributed by atoms with E-state index >= 15 is 0 Å². The average molecular weight is 475 g/mol. The van der Waals surface area contributed by atoms with Crippen molar-refractivity contribution in [2.75, 3.05) is 13.2 Å². The van der Waals surface area contributed by atoms with E-state index in [0.29, 0.717) is 0 Å². The Balaban J connectivity index is 1.75. The molecule has 1 aliphatic carbocycles. The Morgan fingerprint density at radius 3 is 1.52 bits per heavy atom. The number of hydrogen-bond donors (Lipinski definition) is 0. The summed E-state index contributed by atoms with van der Waals surface area (Å²) in [6, 6.07) is -1.11. The van der Waals surface area contributed by atoms with Gasteiger partial charge in [-0.25, -0.2) is 19.6 Å². The fourth-order valence-electron chi connectivity index (χ4n) is 2.70. The second kappa shape index (κ2) is 6.86. The first-order valence-electron chi connectivity index (χ1n) is 6.87. The number of ether oxygens (including phenoxy) is 3. The van der Waals surface area contributed by atoms with Crippen molar-refractivity contribution >= 4 is 81.8 Å². The van der Waals surface area contributed by atoms with Gasteiger partial charge in [0.15, 0.2) is 0 Å². The van der Waals surface area contributed by atoms with Crippen LogP contribution >= 0.6 is 69.6 Å². The monoisotopic (exact) mass is 472 g/mol. The molecule has 2 bridgehead atoms. The molecule has 13 heteroatoms. The van der Waals surface area contributed by atoms with Gasteiger partial charge in [0.25, 0.3) is 0 Å². The molecule has 0 aromatic rings. The summed E-state index contributed by atoms with van der Waals surface area (Å²) in [5.74, 6) is 0. The largest absolute Gasteiger partial charge is 0.444 e. The van der Waals surface area contributed by atoms with Gasteiger partial charge < -0.3 is 14.2 Å². The molecule has 2 amide bonds. The lowest BCUT2D eigenvalue weighted by atomic mass is 9.94. The SMILES string of the molecule is O=C(OCC(Cl)(Cl)Cl)N1[C@@H]2C=C[C@@H]([C@@H]3O[C@@H]32)N1C(=O)OCC(Cl)(Cl)Cl. The van der Waals surface area contributed by atoms with Crippen LogP contribution in [-0.4, -0.2) is 67.3 Å². The van der Waals surface area contributed by atoms with Crippen LogP contribution in [0.15, 0.2) is 12.2 Å². The van der Waals surface area contributed by atoms with Crippen molar-refractivity contribution in [1.82, 2.24) is 10.0 Å². The lowest BCUT2D eigenvalue weighted by molar-refractivity contribution is -0.0681. The highest BCUT2D eigenvalue weighted by atomic mass is 35.6. The third-order valence-electron chi connectivity index (χ3n) is 3.63. The minimum absolute atomic E-state index is 0.243. The topological polar surface area (TPSA) is 71.6 Å². The van der Waals surface area contributed by atoms with E-state index in [1.54, 1.807) is 12.2 Å². The zero-order valence-corrected chi connectivity index (χ0v) is 16.6. The van der Waals surface area contributed by atoms with Gasteiger partial charge in [0, 0.05) is 0 Å². The molecule has 0 saturated carbocycles. The van der Waals surface area contributed by atoms with Gasteiger partial charge in [-0.15, -0.1) is 0 Å². The predicted octanol–water partition coefficient (Wildman–Crippen LogP) is 3.61. The number of carbonyl (C=O) groups is 2. The van der Waals surface area contributed by atoms with Crippen LogP contribution in [-0.2, 0) is 14.2 Å². The second-order valence-electron chi connectivity index (χ2n) is 5.46. The summed E-state index contributed by atoms with van der Waals surface area (Å²) in [6.07, 6.45) is 1.18. The van der Waals surface area contributed by atoms with E-state index in [-0.39, 0.29) is 12.2 Å². The minimum Gasteiger partial charge on any atom is -0.444 e. The maximum Gasteiger partial charge on any atom is 0.429 e. The predicted molar refractivity (Wildman–Crippen MR) is 92.3 cm³/mol. The highest BCUT2D eigenvalue weighted by molar-refractivity contribution is 6.68. The Labute approximate surface area is 172 Å².